The largest absolute Gasteiger partial charge is 0.494 e. The quantitative estimate of drug-likeness (QED) is 0.562. The number of H-pyrrole nitrogens is 1. The number of methoxy groups -OCH3 is 1. The summed E-state index contributed by atoms with van der Waals surface area (Å²) in [5.41, 5.74) is 2.05. The molecule has 0 amide bonds. The molecule has 0 radical (unpaired) electrons. The predicted molar refractivity (Wildman–Crippen MR) is 90.0 cm³/mol. The number of carbonyl (C=O) groups excluding carboxylic acids is 1. The van der Waals surface area contributed by atoms with Crippen LogP contribution in [0.25, 0.3) is 10.9 Å². The lowest BCUT2D eigenvalue weighted by molar-refractivity contribution is 0.0601. The van der Waals surface area contributed by atoms with E-state index in [4.69, 9.17) is 16.3 Å². The molecule has 1 aromatic heterocycles. The van der Waals surface area contributed by atoms with Crippen molar-refractivity contribution in [3.8, 4) is 5.88 Å². The van der Waals surface area contributed by atoms with Gasteiger partial charge in [0.1, 0.15) is 0 Å². The van der Waals surface area contributed by atoms with Gasteiger partial charge in [-0.2, -0.15) is 0 Å². The van der Waals surface area contributed by atoms with Crippen LogP contribution < -0.4 is 0 Å². The molecule has 6 heteroatoms. The number of nitrogens with one attached hydrogen (secondary N) is 1. The van der Waals surface area contributed by atoms with Gasteiger partial charge in [-0.3, -0.25) is 4.99 Å². The van der Waals surface area contributed by atoms with Crippen molar-refractivity contribution in [1.82, 2.24) is 4.98 Å². The molecule has 3 rings (SSSR count). The monoisotopic (exact) mass is 328 g/mol. The van der Waals surface area contributed by atoms with Crippen molar-refractivity contribution in [2.45, 2.75) is 0 Å². The molecule has 0 fully saturated rings. The zero-order chi connectivity index (χ0) is 16.4. The number of ether oxygens (including phenoxy) is 1. The van der Waals surface area contributed by atoms with Crippen LogP contribution in [-0.2, 0) is 4.74 Å². The maximum Gasteiger partial charge on any atom is 0.340 e. The minimum atomic E-state index is -0.465. The number of aromatic hydroxyl groups is 1. The first-order valence-corrected chi connectivity index (χ1v) is 7.19. The zero-order valence-electron chi connectivity index (χ0n) is 12.2. The SMILES string of the molecule is COC(=O)c1ccccc1N=Cc1c(O)[nH]c2cc(Cl)ccc12. The summed E-state index contributed by atoms with van der Waals surface area (Å²) in [6.45, 7) is 0. The van der Waals surface area contributed by atoms with Gasteiger partial charge in [0.05, 0.1) is 29.4 Å². The summed E-state index contributed by atoms with van der Waals surface area (Å²) in [4.78, 5) is 18.9. The normalized spacial score (nSPS) is 11.2. The van der Waals surface area contributed by atoms with Gasteiger partial charge in [0.25, 0.3) is 0 Å². The predicted octanol–water partition coefficient (Wildman–Crippen LogP) is 4.06. The third-order valence-corrected chi connectivity index (χ3v) is 3.66. The number of aromatic nitrogens is 1. The average molecular weight is 329 g/mol. The van der Waals surface area contributed by atoms with Gasteiger partial charge in [0.2, 0.25) is 0 Å². The molecule has 2 aromatic carbocycles. The molecule has 0 bridgehead atoms. The fraction of sp³-hybridized carbons (Fsp3) is 0.0588. The summed E-state index contributed by atoms with van der Waals surface area (Å²) in [7, 11) is 1.32. The fourth-order valence-electron chi connectivity index (χ4n) is 2.31. The molecule has 0 unspecified atom stereocenters. The van der Waals surface area contributed by atoms with Crippen LogP contribution in [0.2, 0.25) is 5.02 Å². The van der Waals surface area contributed by atoms with E-state index in [1.54, 1.807) is 42.5 Å². The molecule has 2 N–H and O–H groups in total. The molecule has 3 aromatic rings. The Morgan fingerprint density at radius 2 is 2.09 bits per heavy atom. The first-order valence-electron chi connectivity index (χ1n) is 6.81. The minimum absolute atomic E-state index is 0.0124. The molecule has 0 aliphatic carbocycles. The Morgan fingerprint density at radius 1 is 1.30 bits per heavy atom. The molecule has 0 aliphatic rings. The minimum Gasteiger partial charge on any atom is -0.494 e. The highest BCUT2D eigenvalue weighted by Gasteiger charge is 2.12. The topological polar surface area (TPSA) is 74.7 Å². The summed E-state index contributed by atoms with van der Waals surface area (Å²) in [5, 5.41) is 11.4. The summed E-state index contributed by atoms with van der Waals surface area (Å²) >= 11 is 5.94. The van der Waals surface area contributed by atoms with Crippen molar-refractivity contribution in [1.29, 1.82) is 0 Å². The summed E-state index contributed by atoms with van der Waals surface area (Å²) in [6.07, 6.45) is 1.50. The number of rotatable bonds is 3. The van der Waals surface area contributed by atoms with E-state index < -0.39 is 5.97 Å². The Bertz CT molecular complexity index is 915. The Morgan fingerprint density at radius 3 is 2.87 bits per heavy atom. The highest BCUT2D eigenvalue weighted by molar-refractivity contribution is 6.31. The van der Waals surface area contributed by atoms with E-state index in [2.05, 4.69) is 9.98 Å². The summed E-state index contributed by atoms with van der Waals surface area (Å²) < 4.78 is 4.74. The summed E-state index contributed by atoms with van der Waals surface area (Å²) in [5.74, 6) is -0.478. The van der Waals surface area contributed by atoms with Gasteiger partial charge in [0.15, 0.2) is 5.88 Å². The van der Waals surface area contributed by atoms with Crippen molar-refractivity contribution < 1.29 is 14.6 Å². The van der Waals surface area contributed by atoms with Crippen molar-refractivity contribution in [3.05, 3.63) is 58.6 Å². The first kappa shape index (κ1) is 15.1. The van der Waals surface area contributed by atoms with Gasteiger partial charge in [-0.25, -0.2) is 4.79 Å². The van der Waals surface area contributed by atoms with Crippen LogP contribution in [0.1, 0.15) is 15.9 Å². The number of hydrogen-bond donors (Lipinski definition) is 2. The Hall–Kier alpha value is -2.79. The second kappa shape index (κ2) is 6.14. The number of carbonyl (C=O) groups is 1. The highest BCUT2D eigenvalue weighted by Crippen LogP contribution is 2.29. The molecule has 0 saturated heterocycles. The van der Waals surface area contributed by atoms with Gasteiger partial charge >= 0.3 is 5.97 Å². The maximum absolute atomic E-state index is 11.7. The number of nitrogens with zero attached hydrogens (tertiary/aromatic N) is 1. The molecular weight excluding hydrogens is 316 g/mol. The molecule has 116 valence electrons. The summed E-state index contributed by atoms with van der Waals surface area (Å²) in [6, 6.07) is 12.1. The van der Waals surface area contributed by atoms with Gasteiger partial charge in [-0.05, 0) is 24.3 Å². The molecular formula is C17H13ClN2O3. The number of esters is 1. The Balaban J connectivity index is 2.05. The fourth-order valence-corrected chi connectivity index (χ4v) is 2.48. The second-order valence-electron chi connectivity index (χ2n) is 4.84. The molecule has 0 aliphatic heterocycles. The van der Waals surface area contributed by atoms with Crippen LogP contribution >= 0.6 is 11.6 Å². The lowest BCUT2D eigenvalue weighted by atomic mass is 10.1. The molecule has 0 saturated carbocycles. The molecule has 5 nitrogen and oxygen atoms in total. The standard InChI is InChI=1S/C17H13ClN2O3/c1-23-17(22)12-4-2-3-5-14(12)19-9-13-11-7-6-10(18)8-15(11)20-16(13)21/h2-9,20-21H,1H3. The van der Waals surface area contributed by atoms with Crippen molar-refractivity contribution >= 4 is 40.4 Å². The molecule has 0 atom stereocenters. The highest BCUT2D eigenvalue weighted by atomic mass is 35.5. The smallest absolute Gasteiger partial charge is 0.340 e. The van der Waals surface area contributed by atoms with E-state index in [0.29, 0.717) is 27.4 Å². The van der Waals surface area contributed by atoms with Crippen LogP contribution in [0.4, 0.5) is 5.69 Å². The maximum atomic E-state index is 11.7. The second-order valence-corrected chi connectivity index (χ2v) is 5.28. The van der Waals surface area contributed by atoms with E-state index in [-0.39, 0.29) is 5.88 Å². The van der Waals surface area contributed by atoms with Crippen molar-refractivity contribution in [2.75, 3.05) is 7.11 Å². The zero-order valence-corrected chi connectivity index (χ0v) is 13.0. The third kappa shape index (κ3) is 2.91. The number of benzene rings is 2. The lowest BCUT2D eigenvalue weighted by Gasteiger charge is -2.02. The number of halogens is 1. The van der Waals surface area contributed by atoms with Crippen LogP contribution in [-0.4, -0.2) is 29.4 Å². The van der Waals surface area contributed by atoms with Gasteiger partial charge in [-0.1, -0.05) is 29.8 Å². The van der Waals surface area contributed by atoms with Gasteiger partial charge in [-0.15, -0.1) is 0 Å². The van der Waals surface area contributed by atoms with E-state index in [1.807, 2.05) is 0 Å². The lowest BCUT2D eigenvalue weighted by Crippen LogP contribution is -2.01. The van der Waals surface area contributed by atoms with Crippen molar-refractivity contribution in [3.63, 3.8) is 0 Å². The van der Waals surface area contributed by atoms with Crippen molar-refractivity contribution in [2.24, 2.45) is 4.99 Å². The van der Waals surface area contributed by atoms with E-state index in [1.165, 1.54) is 13.3 Å². The number of fused-ring (bicyclic) bond motifs is 1. The Kier molecular flexibility index (Phi) is 4.04. The molecule has 0 spiro atoms. The van der Waals surface area contributed by atoms with Crippen LogP contribution in [0.3, 0.4) is 0 Å². The molecule has 1 heterocycles. The number of aromatic amines is 1. The van der Waals surface area contributed by atoms with E-state index in [9.17, 15) is 9.90 Å². The first-order chi connectivity index (χ1) is 11.1. The number of hydrogen-bond acceptors (Lipinski definition) is 4. The van der Waals surface area contributed by atoms with Gasteiger partial charge in [0, 0.05) is 16.6 Å². The van der Waals surface area contributed by atoms with Crippen LogP contribution in [0.15, 0.2) is 47.5 Å². The van der Waals surface area contributed by atoms with E-state index >= 15 is 0 Å². The average Bonchev–Trinajstić information content (AvgIpc) is 2.86. The van der Waals surface area contributed by atoms with Crippen LogP contribution in [0, 0.1) is 0 Å². The van der Waals surface area contributed by atoms with Gasteiger partial charge < -0.3 is 14.8 Å². The Labute approximate surface area is 137 Å². The number of para-hydroxylation sites is 1. The molecule has 23 heavy (non-hydrogen) atoms. The number of aliphatic imine (C=N–C) groups is 1. The van der Waals surface area contributed by atoms with E-state index in [0.717, 1.165) is 5.39 Å². The third-order valence-electron chi connectivity index (χ3n) is 3.42. The van der Waals surface area contributed by atoms with Crippen LogP contribution in [0.5, 0.6) is 5.88 Å².